The van der Waals surface area contributed by atoms with Crippen molar-refractivity contribution in [3.05, 3.63) is 65.5 Å². The SMILES string of the molecule is COc1c(CNCc2ccc(OCCOc3ccccc3)nc2)c(C)nn1C. The number of aromatic nitrogens is 3. The predicted molar refractivity (Wildman–Crippen MR) is 107 cm³/mol. The van der Waals surface area contributed by atoms with Crippen molar-refractivity contribution in [2.75, 3.05) is 20.3 Å². The molecule has 0 saturated heterocycles. The number of methoxy groups -OCH3 is 1. The highest BCUT2D eigenvalue weighted by Crippen LogP contribution is 2.20. The van der Waals surface area contributed by atoms with Crippen molar-refractivity contribution in [1.82, 2.24) is 20.1 Å². The molecule has 1 aromatic carbocycles. The first-order valence-electron chi connectivity index (χ1n) is 9.20. The summed E-state index contributed by atoms with van der Waals surface area (Å²) in [7, 11) is 3.54. The van der Waals surface area contributed by atoms with Crippen LogP contribution < -0.4 is 19.5 Å². The van der Waals surface area contributed by atoms with E-state index < -0.39 is 0 Å². The van der Waals surface area contributed by atoms with E-state index in [9.17, 15) is 0 Å². The zero-order chi connectivity index (χ0) is 19.8. The fraction of sp³-hybridized carbons (Fsp3) is 0.333. The summed E-state index contributed by atoms with van der Waals surface area (Å²) in [5.74, 6) is 2.20. The summed E-state index contributed by atoms with van der Waals surface area (Å²) in [5, 5.41) is 7.79. The van der Waals surface area contributed by atoms with E-state index in [0.29, 0.717) is 32.2 Å². The summed E-state index contributed by atoms with van der Waals surface area (Å²) in [6, 6.07) is 13.5. The fourth-order valence-electron chi connectivity index (χ4n) is 2.89. The lowest BCUT2D eigenvalue weighted by atomic mass is 10.2. The van der Waals surface area contributed by atoms with Gasteiger partial charge in [-0.15, -0.1) is 0 Å². The predicted octanol–water partition coefficient (Wildman–Crippen LogP) is 2.88. The van der Waals surface area contributed by atoms with Gasteiger partial charge in [-0.05, 0) is 24.6 Å². The Kier molecular flexibility index (Phi) is 6.86. The number of para-hydroxylation sites is 1. The molecule has 0 aliphatic carbocycles. The third-order valence-corrected chi connectivity index (χ3v) is 4.26. The number of benzene rings is 1. The van der Waals surface area contributed by atoms with Gasteiger partial charge >= 0.3 is 0 Å². The van der Waals surface area contributed by atoms with Gasteiger partial charge in [0.05, 0.1) is 18.4 Å². The van der Waals surface area contributed by atoms with E-state index in [1.807, 2.05) is 62.6 Å². The van der Waals surface area contributed by atoms with Gasteiger partial charge in [0.1, 0.15) is 19.0 Å². The van der Waals surface area contributed by atoms with Gasteiger partial charge in [-0.2, -0.15) is 5.10 Å². The summed E-state index contributed by atoms with van der Waals surface area (Å²) >= 11 is 0. The molecule has 0 aliphatic rings. The number of pyridine rings is 1. The average Bonchev–Trinajstić information content (AvgIpc) is 2.99. The van der Waals surface area contributed by atoms with Crippen molar-refractivity contribution in [2.45, 2.75) is 20.0 Å². The van der Waals surface area contributed by atoms with E-state index in [4.69, 9.17) is 14.2 Å². The molecule has 1 N–H and O–H groups in total. The van der Waals surface area contributed by atoms with Crippen LogP contribution in [0.5, 0.6) is 17.5 Å². The molecule has 0 aliphatic heterocycles. The zero-order valence-corrected chi connectivity index (χ0v) is 16.5. The summed E-state index contributed by atoms with van der Waals surface area (Å²) in [6.07, 6.45) is 1.81. The maximum atomic E-state index is 5.62. The topological polar surface area (TPSA) is 70.4 Å². The number of rotatable bonds is 10. The van der Waals surface area contributed by atoms with Crippen molar-refractivity contribution in [2.24, 2.45) is 7.05 Å². The van der Waals surface area contributed by atoms with E-state index >= 15 is 0 Å². The van der Waals surface area contributed by atoms with Crippen LogP contribution in [0.4, 0.5) is 0 Å². The van der Waals surface area contributed by atoms with Crippen LogP contribution in [-0.2, 0) is 20.1 Å². The highest BCUT2D eigenvalue weighted by molar-refractivity contribution is 5.30. The van der Waals surface area contributed by atoms with Crippen molar-refractivity contribution in [3.63, 3.8) is 0 Å². The minimum atomic E-state index is 0.444. The average molecular weight is 382 g/mol. The molecule has 148 valence electrons. The second kappa shape index (κ2) is 9.75. The molecule has 2 aromatic heterocycles. The van der Waals surface area contributed by atoms with Crippen molar-refractivity contribution in [1.29, 1.82) is 0 Å². The number of hydrogen-bond acceptors (Lipinski definition) is 6. The normalized spacial score (nSPS) is 10.7. The minimum absolute atomic E-state index is 0.444. The molecule has 0 atom stereocenters. The molecular formula is C21H26N4O3. The molecule has 7 heteroatoms. The number of ether oxygens (including phenoxy) is 3. The molecule has 0 spiro atoms. The number of nitrogens with zero attached hydrogens (tertiary/aromatic N) is 3. The second-order valence-electron chi connectivity index (χ2n) is 6.32. The maximum Gasteiger partial charge on any atom is 0.216 e. The molecule has 7 nitrogen and oxygen atoms in total. The van der Waals surface area contributed by atoms with Crippen LogP contribution in [0.3, 0.4) is 0 Å². The Hall–Kier alpha value is -3.06. The van der Waals surface area contributed by atoms with E-state index in [1.165, 1.54) is 0 Å². The third-order valence-electron chi connectivity index (χ3n) is 4.26. The second-order valence-corrected chi connectivity index (χ2v) is 6.32. The molecule has 28 heavy (non-hydrogen) atoms. The smallest absolute Gasteiger partial charge is 0.216 e. The van der Waals surface area contributed by atoms with E-state index in [1.54, 1.807) is 11.8 Å². The van der Waals surface area contributed by atoms with Gasteiger partial charge in [-0.3, -0.25) is 0 Å². The van der Waals surface area contributed by atoms with Crippen LogP contribution in [-0.4, -0.2) is 35.1 Å². The van der Waals surface area contributed by atoms with Crippen LogP contribution in [0.1, 0.15) is 16.8 Å². The van der Waals surface area contributed by atoms with Gasteiger partial charge in [0, 0.05) is 32.4 Å². The van der Waals surface area contributed by atoms with Gasteiger partial charge in [0.25, 0.3) is 0 Å². The summed E-state index contributed by atoms with van der Waals surface area (Å²) in [5.41, 5.74) is 3.11. The van der Waals surface area contributed by atoms with Crippen LogP contribution in [0.25, 0.3) is 0 Å². The molecule has 0 radical (unpaired) electrons. The Balaban J connectivity index is 1.41. The largest absolute Gasteiger partial charge is 0.490 e. The third kappa shape index (κ3) is 5.23. The van der Waals surface area contributed by atoms with Crippen molar-refractivity contribution in [3.8, 4) is 17.5 Å². The summed E-state index contributed by atoms with van der Waals surface area (Å²) < 4.78 is 18.4. The summed E-state index contributed by atoms with van der Waals surface area (Å²) in [4.78, 5) is 4.35. The minimum Gasteiger partial charge on any atom is -0.490 e. The number of nitrogens with one attached hydrogen (secondary N) is 1. The molecule has 2 heterocycles. The molecular weight excluding hydrogens is 356 g/mol. The highest BCUT2D eigenvalue weighted by atomic mass is 16.5. The van der Waals surface area contributed by atoms with Gasteiger partial charge in [-0.1, -0.05) is 24.3 Å². The lowest BCUT2D eigenvalue weighted by molar-refractivity contribution is 0.212. The van der Waals surface area contributed by atoms with Crippen LogP contribution in [0, 0.1) is 6.92 Å². The van der Waals surface area contributed by atoms with Gasteiger partial charge in [0.2, 0.25) is 11.8 Å². The molecule has 0 saturated carbocycles. The monoisotopic (exact) mass is 382 g/mol. The quantitative estimate of drug-likeness (QED) is 0.544. The first-order chi connectivity index (χ1) is 13.7. The standard InChI is InChI=1S/C21H26N4O3/c1-16-19(21(26-3)25(2)24-16)15-22-13-17-9-10-20(23-14-17)28-12-11-27-18-7-5-4-6-8-18/h4-10,14,22H,11-13,15H2,1-3H3. The van der Waals surface area contributed by atoms with Crippen LogP contribution >= 0.6 is 0 Å². The molecule has 3 aromatic rings. The van der Waals surface area contributed by atoms with Gasteiger partial charge in [-0.25, -0.2) is 9.67 Å². The lowest BCUT2D eigenvalue weighted by Gasteiger charge is -2.09. The Morgan fingerprint density at radius 1 is 1.00 bits per heavy atom. The molecule has 0 fully saturated rings. The van der Waals surface area contributed by atoms with Crippen molar-refractivity contribution >= 4 is 0 Å². The molecule has 0 amide bonds. The Labute approximate surface area is 165 Å². The fourth-order valence-corrected chi connectivity index (χ4v) is 2.89. The molecule has 0 unspecified atom stereocenters. The van der Waals surface area contributed by atoms with Gasteiger partial charge < -0.3 is 19.5 Å². The molecule has 0 bridgehead atoms. The van der Waals surface area contributed by atoms with E-state index in [-0.39, 0.29) is 0 Å². The maximum absolute atomic E-state index is 5.62. The first-order valence-corrected chi connectivity index (χ1v) is 9.20. The highest BCUT2D eigenvalue weighted by Gasteiger charge is 2.13. The Bertz CT molecular complexity index is 863. The van der Waals surface area contributed by atoms with Crippen LogP contribution in [0.15, 0.2) is 48.7 Å². The first kappa shape index (κ1) is 19.7. The summed E-state index contributed by atoms with van der Waals surface area (Å²) in [6.45, 7) is 4.27. The van der Waals surface area contributed by atoms with E-state index in [0.717, 1.165) is 28.5 Å². The van der Waals surface area contributed by atoms with Crippen molar-refractivity contribution < 1.29 is 14.2 Å². The molecule has 3 rings (SSSR count). The van der Waals surface area contributed by atoms with E-state index in [2.05, 4.69) is 15.4 Å². The van der Waals surface area contributed by atoms with Crippen LogP contribution in [0.2, 0.25) is 0 Å². The van der Waals surface area contributed by atoms with Gasteiger partial charge in [0.15, 0.2) is 0 Å². The number of hydrogen-bond donors (Lipinski definition) is 1. The Morgan fingerprint density at radius 3 is 2.50 bits per heavy atom. The lowest BCUT2D eigenvalue weighted by Crippen LogP contribution is -2.14. The number of aryl methyl sites for hydroxylation is 2. The zero-order valence-electron chi connectivity index (χ0n) is 16.5. The Morgan fingerprint density at radius 2 is 1.79 bits per heavy atom.